The molecule has 182 valence electrons. The highest BCUT2D eigenvalue weighted by atomic mass is 16.3. The van der Waals surface area contributed by atoms with E-state index in [2.05, 4.69) is 0 Å². The fourth-order valence-electron chi connectivity index (χ4n) is 5.64. The number of hydrogen-bond donors (Lipinski definition) is 0. The molecule has 8 rings (SSSR count). The van der Waals surface area contributed by atoms with E-state index >= 15 is 0 Å². The Morgan fingerprint density at radius 2 is 0.923 bits per heavy atom. The highest BCUT2D eigenvalue weighted by Gasteiger charge is 2.17. The lowest BCUT2D eigenvalue weighted by Gasteiger charge is -2.18. The van der Waals surface area contributed by atoms with E-state index in [1.54, 1.807) is 24.3 Å². The van der Waals surface area contributed by atoms with Gasteiger partial charge in [-0.15, -0.1) is 0 Å². The van der Waals surface area contributed by atoms with Crippen molar-refractivity contribution in [3.63, 3.8) is 0 Å². The van der Waals surface area contributed by atoms with Gasteiger partial charge in [-0.05, 0) is 67.1 Å². The average Bonchev–Trinajstić information content (AvgIpc) is 3.49. The SMILES string of the molecule is [2H]c1c([2H])c([2H])c2c(-c3ccc(-c4cccc5oc6ccccc6c45)cc3)c3c([2H])c([2H])c([2H])c([2H])c3c(-c3ccccc3)c2c1[2H]. The van der Waals surface area contributed by atoms with Gasteiger partial charge in [0.1, 0.15) is 11.2 Å². The first-order chi connectivity index (χ1) is 22.7. The van der Waals surface area contributed by atoms with Crippen molar-refractivity contribution in [3.05, 3.63) is 145 Å². The molecule has 0 aliphatic heterocycles. The molecule has 0 N–H and O–H groups in total. The third kappa shape index (κ3) is 3.41. The van der Waals surface area contributed by atoms with Gasteiger partial charge in [0, 0.05) is 10.8 Å². The highest BCUT2D eigenvalue weighted by molar-refractivity contribution is 6.21. The van der Waals surface area contributed by atoms with Crippen LogP contribution in [0.25, 0.3) is 76.9 Å². The third-order valence-electron chi connectivity index (χ3n) is 7.32. The number of para-hydroxylation sites is 1. The lowest BCUT2D eigenvalue weighted by atomic mass is 9.85. The van der Waals surface area contributed by atoms with Crippen molar-refractivity contribution in [2.45, 2.75) is 0 Å². The maximum absolute atomic E-state index is 9.10. The highest BCUT2D eigenvalue weighted by Crippen LogP contribution is 2.44. The topological polar surface area (TPSA) is 13.1 Å². The van der Waals surface area contributed by atoms with Crippen LogP contribution in [-0.4, -0.2) is 0 Å². The molecule has 0 spiro atoms. The van der Waals surface area contributed by atoms with Gasteiger partial charge in [0.05, 0.1) is 11.0 Å². The largest absolute Gasteiger partial charge is 0.456 e. The standard InChI is InChI=1S/C38H24O/c1-2-11-26(12-3-1)36-29-13-4-6-15-31(29)37(32-16-7-5-14-30(32)36)27-23-21-25(22-24-27)28-18-10-20-35-38(28)33-17-8-9-19-34(33)39-35/h1-24H/i4D,5D,6D,7D,13D,14D,15D,16D. The molecule has 7 aromatic carbocycles. The Hall–Kier alpha value is -5.14. The van der Waals surface area contributed by atoms with Gasteiger partial charge in [-0.25, -0.2) is 0 Å². The molecule has 0 saturated carbocycles. The molecule has 39 heavy (non-hydrogen) atoms. The van der Waals surface area contributed by atoms with E-state index in [0.717, 1.165) is 33.1 Å². The number of hydrogen-bond acceptors (Lipinski definition) is 1. The zero-order chi connectivity index (χ0) is 32.7. The Morgan fingerprint density at radius 1 is 0.410 bits per heavy atom. The molecule has 0 atom stereocenters. The molecule has 0 bridgehead atoms. The van der Waals surface area contributed by atoms with Gasteiger partial charge in [-0.1, -0.05) is 133 Å². The van der Waals surface area contributed by atoms with Gasteiger partial charge in [-0.2, -0.15) is 0 Å². The van der Waals surface area contributed by atoms with Crippen molar-refractivity contribution in [3.8, 4) is 33.4 Å². The summed E-state index contributed by atoms with van der Waals surface area (Å²) in [5.74, 6) is 0. The number of furan rings is 1. The maximum atomic E-state index is 9.10. The molecule has 1 aromatic heterocycles. The van der Waals surface area contributed by atoms with Crippen molar-refractivity contribution in [1.29, 1.82) is 0 Å². The predicted octanol–water partition coefficient (Wildman–Crippen LogP) is 10.9. The zero-order valence-electron chi connectivity index (χ0n) is 28.6. The minimum absolute atomic E-state index is 0.197. The summed E-state index contributed by atoms with van der Waals surface area (Å²) in [7, 11) is 0. The molecule has 0 aliphatic carbocycles. The third-order valence-corrected chi connectivity index (χ3v) is 7.32. The summed E-state index contributed by atoms with van der Waals surface area (Å²) in [6.07, 6.45) is 0. The summed E-state index contributed by atoms with van der Waals surface area (Å²) >= 11 is 0. The molecule has 0 saturated heterocycles. The van der Waals surface area contributed by atoms with E-state index in [0.29, 0.717) is 22.3 Å². The monoisotopic (exact) mass is 504 g/mol. The summed E-state index contributed by atoms with van der Waals surface area (Å²) in [5.41, 5.74) is 5.20. The molecule has 0 aliphatic rings. The molecule has 0 radical (unpaired) electrons. The van der Waals surface area contributed by atoms with Gasteiger partial charge in [0.15, 0.2) is 0 Å². The quantitative estimate of drug-likeness (QED) is 0.218. The molecule has 1 nitrogen and oxygen atoms in total. The van der Waals surface area contributed by atoms with Gasteiger partial charge < -0.3 is 4.42 Å². The van der Waals surface area contributed by atoms with Crippen LogP contribution in [0.1, 0.15) is 11.0 Å². The van der Waals surface area contributed by atoms with Crippen LogP contribution in [0, 0.1) is 0 Å². The van der Waals surface area contributed by atoms with Crippen LogP contribution in [0.3, 0.4) is 0 Å². The van der Waals surface area contributed by atoms with Crippen LogP contribution in [0.4, 0.5) is 0 Å². The lowest BCUT2D eigenvalue weighted by molar-refractivity contribution is 0.669. The van der Waals surface area contributed by atoms with Gasteiger partial charge in [0.2, 0.25) is 0 Å². The molecule has 8 aromatic rings. The summed E-state index contributed by atoms with van der Waals surface area (Å²) in [4.78, 5) is 0. The van der Waals surface area contributed by atoms with Crippen molar-refractivity contribution >= 4 is 43.5 Å². The second-order valence-corrected chi connectivity index (χ2v) is 9.47. The molecule has 1 heterocycles. The fraction of sp³-hybridized carbons (Fsp3) is 0. The maximum Gasteiger partial charge on any atom is 0.136 e. The van der Waals surface area contributed by atoms with E-state index in [9.17, 15) is 0 Å². The van der Waals surface area contributed by atoms with E-state index in [1.807, 2.05) is 72.8 Å². The first kappa shape index (κ1) is 15.3. The van der Waals surface area contributed by atoms with E-state index in [-0.39, 0.29) is 45.7 Å². The normalized spacial score (nSPS) is 14.5. The molecule has 1 heteroatoms. The van der Waals surface area contributed by atoms with Crippen LogP contribution in [0.15, 0.2) is 150 Å². The van der Waals surface area contributed by atoms with Gasteiger partial charge >= 0.3 is 0 Å². The summed E-state index contributed by atoms with van der Waals surface area (Å²) in [6.45, 7) is 0. The van der Waals surface area contributed by atoms with Gasteiger partial charge in [0.25, 0.3) is 0 Å². The minimum atomic E-state index is -0.418. The number of fused-ring (bicyclic) bond motifs is 5. The molecular weight excluding hydrogens is 472 g/mol. The molecule has 0 unspecified atom stereocenters. The summed E-state index contributed by atoms with van der Waals surface area (Å²) in [6, 6.07) is 27.5. The Kier molecular flexibility index (Phi) is 3.42. The first-order valence-electron chi connectivity index (χ1n) is 16.7. The molecule has 0 amide bonds. The average molecular weight is 505 g/mol. The number of rotatable bonds is 3. The Morgan fingerprint density at radius 3 is 1.56 bits per heavy atom. The lowest BCUT2D eigenvalue weighted by Crippen LogP contribution is -1.90. The zero-order valence-corrected chi connectivity index (χ0v) is 20.6. The molecular formula is C38H24O. The minimum Gasteiger partial charge on any atom is -0.456 e. The van der Waals surface area contributed by atoms with E-state index in [1.165, 1.54) is 0 Å². The van der Waals surface area contributed by atoms with Crippen LogP contribution in [-0.2, 0) is 0 Å². The fourth-order valence-corrected chi connectivity index (χ4v) is 5.64. The Balaban J connectivity index is 1.51. The summed E-state index contributed by atoms with van der Waals surface area (Å²) < 4.78 is 76.7. The predicted molar refractivity (Wildman–Crippen MR) is 165 cm³/mol. The van der Waals surface area contributed by atoms with Crippen LogP contribution >= 0.6 is 0 Å². The van der Waals surface area contributed by atoms with Crippen molar-refractivity contribution in [1.82, 2.24) is 0 Å². The second kappa shape index (κ2) is 8.72. The molecule has 0 fully saturated rings. The van der Waals surface area contributed by atoms with Crippen LogP contribution in [0.2, 0.25) is 0 Å². The smallest absolute Gasteiger partial charge is 0.136 e. The van der Waals surface area contributed by atoms with E-state index < -0.39 is 24.2 Å². The Labute approximate surface area is 237 Å². The van der Waals surface area contributed by atoms with Crippen LogP contribution < -0.4 is 0 Å². The first-order valence-corrected chi connectivity index (χ1v) is 12.7. The van der Waals surface area contributed by atoms with Crippen molar-refractivity contribution in [2.24, 2.45) is 0 Å². The Bertz CT molecular complexity index is 2510. The van der Waals surface area contributed by atoms with Crippen molar-refractivity contribution in [2.75, 3.05) is 0 Å². The van der Waals surface area contributed by atoms with Gasteiger partial charge in [-0.3, -0.25) is 0 Å². The van der Waals surface area contributed by atoms with E-state index in [4.69, 9.17) is 15.4 Å². The summed E-state index contributed by atoms with van der Waals surface area (Å²) in [5, 5.41) is 2.76. The van der Waals surface area contributed by atoms with Crippen molar-refractivity contribution < 1.29 is 15.4 Å². The van der Waals surface area contributed by atoms with Crippen LogP contribution in [0.5, 0.6) is 0 Å². The second-order valence-electron chi connectivity index (χ2n) is 9.47. The number of benzene rings is 7.